The number of aromatic amines is 1. The van der Waals surface area contributed by atoms with Gasteiger partial charge in [-0.05, 0) is 12.1 Å². The summed E-state index contributed by atoms with van der Waals surface area (Å²) in [6.45, 7) is 0.254. The van der Waals surface area contributed by atoms with E-state index in [1.165, 1.54) is 0 Å². The first-order valence-corrected chi connectivity index (χ1v) is 5.31. The van der Waals surface area contributed by atoms with Gasteiger partial charge in [-0.2, -0.15) is 0 Å². The fourth-order valence-corrected chi connectivity index (χ4v) is 1.59. The first-order valence-electron chi connectivity index (χ1n) is 5.31. The molecule has 0 unspecified atom stereocenters. The fourth-order valence-electron chi connectivity index (χ4n) is 1.59. The molecule has 0 aliphatic rings. The lowest BCUT2D eigenvalue weighted by atomic mass is 10.2. The van der Waals surface area contributed by atoms with E-state index < -0.39 is 5.91 Å². The van der Waals surface area contributed by atoms with E-state index in [0.29, 0.717) is 5.69 Å². The molecule has 1 aromatic heterocycles. The molecular formula is C12H13N3O2. The monoisotopic (exact) mass is 231 g/mol. The fraction of sp³-hybridized carbons (Fsp3) is 0.167. The van der Waals surface area contributed by atoms with Gasteiger partial charge in [-0.1, -0.05) is 18.2 Å². The highest BCUT2D eigenvalue weighted by Gasteiger charge is 2.08. The number of nitrogens with two attached hydrogens (primary N) is 1. The van der Waals surface area contributed by atoms with Gasteiger partial charge in [0.25, 0.3) is 5.91 Å². The van der Waals surface area contributed by atoms with Crippen LogP contribution in [-0.4, -0.2) is 23.3 Å². The van der Waals surface area contributed by atoms with Gasteiger partial charge in [0, 0.05) is 23.9 Å². The normalized spacial score (nSPS) is 10.4. The molecule has 0 atom stereocenters. The van der Waals surface area contributed by atoms with Crippen molar-refractivity contribution in [1.82, 2.24) is 10.3 Å². The number of carbonyl (C=O) groups is 2. The van der Waals surface area contributed by atoms with Crippen molar-refractivity contribution in [3.05, 3.63) is 36.0 Å². The van der Waals surface area contributed by atoms with Crippen molar-refractivity contribution in [3.8, 4) is 0 Å². The van der Waals surface area contributed by atoms with Gasteiger partial charge in [0.2, 0.25) is 5.91 Å². The van der Waals surface area contributed by atoms with Crippen LogP contribution < -0.4 is 11.1 Å². The predicted molar refractivity (Wildman–Crippen MR) is 64.4 cm³/mol. The van der Waals surface area contributed by atoms with Crippen LogP contribution in [0, 0.1) is 0 Å². The number of aromatic nitrogens is 1. The molecule has 0 aliphatic heterocycles. The zero-order chi connectivity index (χ0) is 12.3. The summed E-state index contributed by atoms with van der Waals surface area (Å²) in [7, 11) is 0. The van der Waals surface area contributed by atoms with Crippen LogP contribution in [0.5, 0.6) is 0 Å². The molecule has 0 aliphatic carbocycles. The van der Waals surface area contributed by atoms with Crippen LogP contribution in [0.25, 0.3) is 10.9 Å². The summed E-state index contributed by atoms with van der Waals surface area (Å²) >= 11 is 0. The topological polar surface area (TPSA) is 88.0 Å². The Hall–Kier alpha value is -2.30. The molecule has 0 bridgehead atoms. The standard InChI is InChI=1S/C12H13N3O2/c13-11(16)5-6-14-12(17)10-7-8-3-1-2-4-9(8)15-10/h1-4,7,15H,5-6H2,(H2,13,16)(H,14,17). The molecule has 2 rings (SSSR count). The summed E-state index contributed by atoms with van der Waals surface area (Å²) in [5.41, 5.74) is 6.37. The predicted octanol–water partition coefficient (Wildman–Crippen LogP) is 0.773. The van der Waals surface area contributed by atoms with Crippen molar-refractivity contribution in [3.63, 3.8) is 0 Å². The van der Waals surface area contributed by atoms with E-state index >= 15 is 0 Å². The van der Waals surface area contributed by atoms with Crippen molar-refractivity contribution in [2.24, 2.45) is 5.73 Å². The number of H-pyrrole nitrogens is 1. The minimum atomic E-state index is -0.429. The van der Waals surface area contributed by atoms with E-state index in [0.717, 1.165) is 10.9 Å². The maximum absolute atomic E-state index is 11.7. The maximum atomic E-state index is 11.7. The van der Waals surface area contributed by atoms with E-state index in [9.17, 15) is 9.59 Å². The third-order valence-corrected chi connectivity index (χ3v) is 2.43. The van der Waals surface area contributed by atoms with E-state index in [-0.39, 0.29) is 18.9 Å². The third kappa shape index (κ3) is 2.63. The van der Waals surface area contributed by atoms with Gasteiger partial charge >= 0.3 is 0 Å². The summed E-state index contributed by atoms with van der Waals surface area (Å²) in [5, 5.41) is 3.60. The van der Waals surface area contributed by atoms with Crippen LogP contribution in [0.2, 0.25) is 0 Å². The average Bonchev–Trinajstić information content (AvgIpc) is 2.71. The summed E-state index contributed by atoms with van der Waals surface area (Å²) in [4.78, 5) is 25.2. The molecule has 1 aromatic carbocycles. The second-order valence-electron chi connectivity index (χ2n) is 3.74. The SMILES string of the molecule is NC(=O)CCNC(=O)c1cc2ccccc2[nH]1. The minimum Gasteiger partial charge on any atom is -0.370 e. The van der Waals surface area contributed by atoms with Crippen molar-refractivity contribution in [2.45, 2.75) is 6.42 Å². The van der Waals surface area contributed by atoms with Crippen LogP contribution in [0.3, 0.4) is 0 Å². The molecule has 0 saturated heterocycles. The number of amides is 2. The summed E-state index contributed by atoms with van der Waals surface area (Å²) in [5.74, 6) is -0.663. The number of carbonyl (C=O) groups excluding carboxylic acids is 2. The smallest absolute Gasteiger partial charge is 0.267 e. The molecule has 88 valence electrons. The quantitative estimate of drug-likeness (QED) is 0.725. The van der Waals surface area contributed by atoms with E-state index in [1.54, 1.807) is 6.07 Å². The molecule has 0 fully saturated rings. The van der Waals surface area contributed by atoms with Crippen LogP contribution >= 0.6 is 0 Å². The minimum absolute atomic E-state index is 0.145. The number of para-hydroxylation sites is 1. The zero-order valence-corrected chi connectivity index (χ0v) is 9.19. The lowest BCUT2D eigenvalue weighted by molar-refractivity contribution is -0.117. The van der Waals surface area contributed by atoms with Gasteiger partial charge in [0.1, 0.15) is 5.69 Å². The molecule has 5 nitrogen and oxygen atoms in total. The molecule has 2 aromatic rings. The number of hydrogen-bond donors (Lipinski definition) is 3. The van der Waals surface area contributed by atoms with E-state index in [4.69, 9.17) is 5.73 Å². The van der Waals surface area contributed by atoms with Crippen LogP contribution in [-0.2, 0) is 4.79 Å². The largest absolute Gasteiger partial charge is 0.370 e. The number of fused-ring (bicyclic) bond motifs is 1. The molecule has 4 N–H and O–H groups in total. The Morgan fingerprint density at radius 2 is 2.06 bits per heavy atom. The van der Waals surface area contributed by atoms with Gasteiger partial charge in [0.15, 0.2) is 0 Å². The summed E-state index contributed by atoms with van der Waals surface area (Å²) < 4.78 is 0. The molecule has 0 spiro atoms. The van der Waals surface area contributed by atoms with Crippen LogP contribution in [0.15, 0.2) is 30.3 Å². The van der Waals surface area contributed by atoms with Crippen molar-refractivity contribution < 1.29 is 9.59 Å². The van der Waals surface area contributed by atoms with Crippen molar-refractivity contribution >= 4 is 22.7 Å². The number of benzene rings is 1. The summed E-state index contributed by atoms with van der Waals surface area (Å²) in [6, 6.07) is 9.40. The van der Waals surface area contributed by atoms with Crippen LogP contribution in [0.4, 0.5) is 0 Å². The highest BCUT2D eigenvalue weighted by Crippen LogP contribution is 2.14. The third-order valence-electron chi connectivity index (χ3n) is 2.43. The molecule has 1 heterocycles. The lowest BCUT2D eigenvalue weighted by Gasteiger charge is -2.00. The van der Waals surface area contributed by atoms with Gasteiger partial charge < -0.3 is 16.0 Å². The number of nitrogens with one attached hydrogen (secondary N) is 2. The van der Waals surface area contributed by atoms with Gasteiger partial charge in [-0.3, -0.25) is 9.59 Å². The highest BCUT2D eigenvalue weighted by atomic mass is 16.2. The first kappa shape index (κ1) is 11.2. The van der Waals surface area contributed by atoms with Gasteiger partial charge in [-0.15, -0.1) is 0 Å². The average molecular weight is 231 g/mol. The highest BCUT2D eigenvalue weighted by molar-refractivity contribution is 5.98. The zero-order valence-electron chi connectivity index (χ0n) is 9.19. The molecule has 2 amide bonds. The molecule has 0 saturated carbocycles. The van der Waals surface area contributed by atoms with Gasteiger partial charge in [0.05, 0.1) is 0 Å². The molecule has 17 heavy (non-hydrogen) atoms. The second-order valence-corrected chi connectivity index (χ2v) is 3.74. The Kier molecular flexibility index (Phi) is 3.09. The second kappa shape index (κ2) is 4.69. The summed E-state index contributed by atoms with van der Waals surface area (Å²) in [6.07, 6.45) is 0.145. The molecular weight excluding hydrogens is 218 g/mol. The van der Waals surface area contributed by atoms with E-state index in [2.05, 4.69) is 10.3 Å². The molecule has 0 radical (unpaired) electrons. The molecule has 5 heteroatoms. The lowest BCUT2D eigenvalue weighted by Crippen LogP contribution is -2.28. The Balaban J connectivity index is 2.06. The Labute approximate surface area is 98.0 Å². The first-order chi connectivity index (χ1) is 8.16. The van der Waals surface area contributed by atoms with E-state index in [1.807, 2.05) is 24.3 Å². The van der Waals surface area contributed by atoms with Gasteiger partial charge in [-0.25, -0.2) is 0 Å². The number of hydrogen-bond acceptors (Lipinski definition) is 2. The number of primary amides is 1. The Morgan fingerprint density at radius 3 is 2.76 bits per heavy atom. The maximum Gasteiger partial charge on any atom is 0.267 e. The Morgan fingerprint density at radius 1 is 1.29 bits per heavy atom. The Bertz CT molecular complexity index is 527. The number of rotatable bonds is 4. The van der Waals surface area contributed by atoms with Crippen LogP contribution in [0.1, 0.15) is 16.9 Å². The van der Waals surface area contributed by atoms with Crippen molar-refractivity contribution in [1.29, 1.82) is 0 Å². The van der Waals surface area contributed by atoms with Crippen molar-refractivity contribution in [2.75, 3.05) is 6.54 Å².